The first-order chi connectivity index (χ1) is 6.99. The van der Waals surface area contributed by atoms with Crippen molar-refractivity contribution in [2.24, 2.45) is 7.05 Å². The maximum absolute atomic E-state index is 11.2. The highest BCUT2D eigenvalue weighted by Gasteiger charge is 2.07. The zero-order chi connectivity index (χ0) is 11.4. The van der Waals surface area contributed by atoms with Crippen LogP contribution < -0.4 is 5.32 Å². The highest BCUT2D eigenvalue weighted by molar-refractivity contribution is 5.91. The molecule has 0 fully saturated rings. The van der Waals surface area contributed by atoms with Gasteiger partial charge in [0, 0.05) is 19.7 Å². The molecule has 15 heavy (non-hydrogen) atoms. The van der Waals surface area contributed by atoms with Gasteiger partial charge in [-0.1, -0.05) is 0 Å². The van der Waals surface area contributed by atoms with Crippen LogP contribution >= 0.6 is 0 Å². The Balaban J connectivity index is 2.48. The summed E-state index contributed by atoms with van der Waals surface area (Å²) in [5.41, 5.74) is 0. The van der Waals surface area contributed by atoms with Gasteiger partial charge in [0.15, 0.2) is 5.82 Å². The Kier molecular flexibility index (Phi) is 3.43. The zero-order valence-corrected chi connectivity index (χ0v) is 8.65. The highest BCUT2D eigenvalue weighted by Crippen LogP contribution is 2.06. The van der Waals surface area contributed by atoms with E-state index >= 15 is 0 Å². The molecule has 1 aromatic rings. The maximum atomic E-state index is 11.2. The number of aromatic nitrogens is 2. The minimum Gasteiger partial charge on any atom is -0.481 e. The van der Waals surface area contributed by atoms with Gasteiger partial charge in [0.05, 0.1) is 6.42 Å². The van der Waals surface area contributed by atoms with E-state index in [1.165, 1.54) is 0 Å². The molecule has 1 heterocycles. The number of carboxylic acid groups (broad SMARTS) is 1. The van der Waals surface area contributed by atoms with E-state index in [1.54, 1.807) is 10.8 Å². The fourth-order valence-corrected chi connectivity index (χ4v) is 1.04. The number of hydrogen-bond donors (Lipinski definition) is 2. The summed E-state index contributed by atoms with van der Waals surface area (Å²) in [4.78, 5) is 25.5. The predicted molar refractivity (Wildman–Crippen MR) is 53.4 cm³/mol. The summed E-state index contributed by atoms with van der Waals surface area (Å²) in [7, 11) is 1.81. The SMILES string of the molecule is Cc1nc(NC(=O)CCC(=O)O)cn1C. The lowest BCUT2D eigenvalue weighted by molar-refractivity contribution is -0.138. The molecule has 1 aromatic heterocycles. The molecule has 0 aliphatic rings. The topological polar surface area (TPSA) is 84.2 Å². The summed E-state index contributed by atoms with van der Waals surface area (Å²) in [6.07, 6.45) is 1.47. The number of nitrogens with one attached hydrogen (secondary N) is 1. The highest BCUT2D eigenvalue weighted by atomic mass is 16.4. The molecule has 6 heteroatoms. The van der Waals surface area contributed by atoms with Crippen LogP contribution in [0.5, 0.6) is 0 Å². The van der Waals surface area contributed by atoms with Crippen LogP contribution in [0.15, 0.2) is 6.20 Å². The van der Waals surface area contributed by atoms with E-state index in [4.69, 9.17) is 5.11 Å². The zero-order valence-electron chi connectivity index (χ0n) is 8.65. The van der Waals surface area contributed by atoms with Crippen LogP contribution in [0.1, 0.15) is 18.7 Å². The van der Waals surface area contributed by atoms with Gasteiger partial charge in [0.25, 0.3) is 0 Å². The Bertz CT molecular complexity index is 364. The number of rotatable bonds is 4. The molecule has 1 amide bonds. The van der Waals surface area contributed by atoms with Crippen LogP contribution in [0, 0.1) is 6.92 Å². The molecule has 0 radical (unpaired) electrons. The average Bonchev–Trinajstić information content (AvgIpc) is 2.42. The van der Waals surface area contributed by atoms with E-state index in [0.717, 1.165) is 5.82 Å². The van der Waals surface area contributed by atoms with Crippen molar-refractivity contribution < 1.29 is 14.7 Å². The third-order valence-corrected chi connectivity index (χ3v) is 1.94. The van der Waals surface area contributed by atoms with Crippen LogP contribution in [0.3, 0.4) is 0 Å². The third-order valence-electron chi connectivity index (χ3n) is 1.94. The van der Waals surface area contributed by atoms with Crippen LogP contribution in [0.25, 0.3) is 0 Å². The van der Waals surface area contributed by atoms with Gasteiger partial charge >= 0.3 is 5.97 Å². The molecular weight excluding hydrogens is 198 g/mol. The maximum Gasteiger partial charge on any atom is 0.303 e. The number of nitrogens with zero attached hydrogens (tertiary/aromatic N) is 2. The Hall–Kier alpha value is -1.85. The molecule has 0 saturated heterocycles. The first kappa shape index (κ1) is 11.2. The van der Waals surface area contributed by atoms with Crippen LogP contribution in [0.2, 0.25) is 0 Å². The summed E-state index contributed by atoms with van der Waals surface area (Å²) in [5, 5.41) is 10.9. The first-order valence-corrected chi connectivity index (χ1v) is 4.50. The third kappa shape index (κ3) is 3.41. The number of hydrogen-bond acceptors (Lipinski definition) is 3. The summed E-state index contributed by atoms with van der Waals surface area (Å²) in [6.45, 7) is 1.81. The fraction of sp³-hybridized carbons (Fsp3) is 0.444. The Morgan fingerprint density at radius 2 is 2.20 bits per heavy atom. The smallest absolute Gasteiger partial charge is 0.303 e. The number of carboxylic acids is 1. The molecular formula is C9H13N3O3. The second-order valence-corrected chi connectivity index (χ2v) is 3.23. The van der Waals surface area contributed by atoms with Crippen LogP contribution in [-0.2, 0) is 16.6 Å². The molecule has 0 spiro atoms. The van der Waals surface area contributed by atoms with Crippen molar-refractivity contribution in [3.05, 3.63) is 12.0 Å². The average molecular weight is 211 g/mol. The van der Waals surface area contributed by atoms with Gasteiger partial charge in [-0.3, -0.25) is 9.59 Å². The molecule has 0 unspecified atom stereocenters. The number of aryl methyl sites for hydroxylation is 2. The molecule has 82 valence electrons. The number of aliphatic carboxylic acids is 1. The van der Waals surface area contributed by atoms with Crippen molar-refractivity contribution in [2.75, 3.05) is 5.32 Å². The summed E-state index contributed by atoms with van der Waals surface area (Å²) >= 11 is 0. The lowest BCUT2D eigenvalue weighted by Crippen LogP contribution is -2.13. The van der Waals surface area contributed by atoms with E-state index in [1.807, 2.05) is 14.0 Å². The second-order valence-electron chi connectivity index (χ2n) is 3.23. The van der Waals surface area contributed by atoms with E-state index in [2.05, 4.69) is 10.3 Å². The van der Waals surface area contributed by atoms with Crippen molar-refractivity contribution >= 4 is 17.7 Å². The van der Waals surface area contributed by atoms with Gasteiger partial charge in [-0.15, -0.1) is 0 Å². The predicted octanol–water partition coefficient (Wildman–Crippen LogP) is 0.532. The summed E-state index contributed by atoms with van der Waals surface area (Å²) in [6, 6.07) is 0. The van der Waals surface area contributed by atoms with Crippen molar-refractivity contribution in [1.82, 2.24) is 9.55 Å². The minimum atomic E-state index is -0.984. The van der Waals surface area contributed by atoms with Gasteiger partial charge < -0.3 is 15.0 Å². The van der Waals surface area contributed by atoms with E-state index in [0.29, 0.717) is 5.82 Å². The number of imidazole rings is 1. The number of anilines is 1. The van der Waals surface area contributed by atoms with Gasteiger partial charge in [-0.05, 0) is 6.92 Å². The lowest BCUT2D eigenvalue weighted by atomic mass is 10.3. The molecule has 1 rings (SSSR count). The molecule has 0 bridgehead atoms. The Morgan fingerprint density at radius 1 is 1.53 bits per heavy atom. The monoisotopic (exact) mass is 211 g/mol. The number of carbonyl (C=O) groups excluding carboxylic acids is 1. The Labute approximate surface area is 86.9 Å². The molecule has 2 N–H and O–H groups in total. The van der Waals surface area contributed by atoms with Gasteiger partial charge in [-0.25, -0.2) is 4.98 Å². The molecule has 0 saturated carbocycles. The quantitative estimate of drug-likeness (QED) is 0.760. The van der Waals surface area contributed by atoms with Gasteiger partial charge in [0.2, 0.25) is 5.91 Å². The summed E-state index contributed by atoms with van der Waals surface area (Å²) in [5.74, 6) is -0.0909. The fourth-order valence-electron chi connectivity index (χ4n) is 1.04. The van der Waals surface area contributed by atoms with Crippen molar-refractivity contribution in [3.8, 4) is 0 Å². The Morgan fingerprint density at radius 3 is 2.67 bits per heavy atom. The molecule has 0 aliphatic carbocycles. The van der Waals surface area contributed by atoms with Gasteiger partial charge in [0.1, 0.15) is 5.82 Å². The van der Waals surface area contributed by atoms with Gasteiger partial charge in [-0.2, -0.15) is 0 Å². The largest absolute Gasteiger partial charge is 0.481 e. The normalized spacial score (nSPS) is 10.0. The van der Waals surface area contributed by atoms with Crippen LogP contribution in [0.4, 0.5) is 5.82 Å². The number of amides is 1. The van der Waals surface area contributed by atoms with Crippen molar-refractivity contribution in [3.63, 3.8) is 0 Å². The molecule has 0 aliphatic heterocycles. The molecule has 0 atom stereocenters. The van der Waals surface area contributed by atoms with Crippen LogP contribution in [-0.4, -0.2) is 26.5 Å². The lowest BCUT2D eigenvalue weighted by Gasteiger charge is -1.98. The molecule has 0 aromatic carbocycles. The first-order valence-electron chi connectivity index (χ1n) is 4.50. The van der Waals surface area contributed by atoms with E-state index in [-0.39, 0.29) is 18.7 Å². The number of carbonyl (C=O) groups is 2. The minimum absolute atomic E-state index is 0.0368. The van der Waals surface area contributed by atoms with Crippen molar-refractivity contribution in [2.45, 2.75) is 19.8 Å². The second kappa shape index (κ2) is 4.59. The standard InChI is InChI=1S/C9H13N3O3/c1-6-10-7(5-12(6)2)11-8(13)3-4-9(14)15/h5H,3-4H2,1-2H3,(H,11,13)(H,14,15). The van der Waals surface area contributed by atoms with Crippen molar-refractivity contribution in [1.29, 1.82) is 0 Å². The van der Waals surface area contributed by atoms with E-state index in [9.17, 15) is 9.59 Å². The van der Waals surface area contributed by atoms with E-state index < -0.39 is 5.97 Å². The molecule has 6 nitrogen and oxygen atoms in total. The summed E-state index contributed by atoms with van der Waals surface area (Å²) < 4.78 is 1.77.